The summed E-state index contributed by atoms with van der Waals surface area (Å²) >= 11 is 0. The summed E-state index contributed by atoms with van der Waals surface area (Å²) in [4.78, 5) is 17.8. The normalized spacial score (nSPS) is 10.6. The standard InChI is InChI=1S/C24H20N2O2/c1-2-28-24(27)21-22(17-11-5-3-6-12-17)26-20-16-10-9-15-19(20)23(21)25-18-13-7-4-8-14-18/h3-16H,2H2,1H3,(H,25,26). The number of nitrogens with zero attached hydrogens (tertiary/aromatic N) is 1. The summed E-state index contributed by atoms with van der Waals surface area (Å²) in [6, 6.07) is 27.3. The van der Waals surface area contributed by atoms with Crippen LogP contribution in [0.1, 0.15) is 17.3 Å². The largest absolute Gasteiger partial charge is 0.462 e. The van der Waals surface area contributed by atoms with Gasteiger partial charge in [-0.3, -0.25) is 0 Å². The molecule has 0 radical (unpaired) electrons. The first kappa shape index (κ1) is 17.7. The number of anilines is 2. The van der Waals surface area contributed by atoms with Crippen LogP contribution in [0.25, 0.3) is 22.2 Å². The molecule has 0 amide bonds. The minimum Gasteiger partial charge on any atom is -0.462 e. The fourth-order valence-corrected chi connectivity index (χ4v) is 3.21. The van der Waals surface area contributed by atoms with Gasteiger partial charge in [0.15, 0.2) is 0 Å². The number of esters is 1. The van der Waals surface area contributed by atoms with Gasteiger partial charge < -0.3 is 10.1 Å². The van der Waals surface area contributed by atoms with Gasteiger partial charge in [0.2, 0.25) is 0 Å². The third-order valence-corrected chi connectivity index (χ3v) is 4.46. The third kappa shape index (κ3) is 3.45. The molecular weight excluding hydrogens is 348 g/mol. The van der Waals surface area contributed by atoms with Crippen LogP contribution in [0, 0.1) is 0 Å². The van der Waals surface area contributed by atoms with Crippen molar-refractivity contribution in [2.45, 2.75) is 6.92 Å². The van der Waals surface area contributed by atoms with Crippen LogP contribution in [0.4, 0.5) is 11.4 Å². The molecule has 0 fully saturated rings. The second kappa shape index (κ2) is 7.92. The molecule has 0 aliphatic carbocycles. The van der Waals surface area contributed by atoms with E-state index in [4.69, 9.17) is 9.72 Å². The molecule has 0 saturated heterocycles. The highest BCUT2D eigenvalue weighted by atomic mass is 16.5. The molecule has 0 saturated carbocycles. The number of para-hydroxylation sites is 2. The molecule has 4 heteroatoms. The maximum Gasteiger partial charge on any atom is 0.342 e. The molecule has 4 rings (SSSR count). The zero-order chi connectivity index (χ0) is 19.3. The zero-order valence-electron chi connectivity index (χ0n) is 15.6. The predicted molar refractivity (Wildman–Crippen MR) is 113 cm³/mol. The molecule has 0 unspecified atom stereocenters. The highest BCUT2D eigenvalue weighted by Crippen LogP contribution is 2.36. The molecule has 0 bridgehead atoms. The van der Waals surface area contributed by atoms with Crippen molar-refractivity contribution >= 4 is 28.2 Å². The van der Waals surface area contributed by atoms with Gasteiger partial charge in [-0.15, -0.1) is 0 Å². The summed E-state index contributed by atoms with van der Waals surface area (Å²) in [6.45, 7) is 2.10. The Kier molecular flexibility index (Phi) is 5.02. The molecular formula is C24H20N2O2. The van der Waals surface area contributed by atoms with Crippen molar-refractivity contribution in [3.63, 3.8) is 0 Å². The first-order chi connectivity index (χ1) is 13.8. The lowest BCUT2D eigenvalue weighted by atomic mass is 10.00. The maximum absolute atomic E-state index is 13.0. The van der Waals surface area contributed by atoms with E-state index < -0.39 is 5.97 Å². The van der Waals surface area contributed by atoms with Gasteiger partial charge in [-0.2, -0.15) is 0 Å². The number of rotatable bonds is 5. The Labute approximate surface area is 163 Å². The molecule has 1 aromatic heterocycles. The predicted octanol–water partition coefficient (Wildman–Crippen LogP) is 5.82. The van der Waals surface area contributed by atoms with Crippen molar-refractivity contribution in [3.8, 4) is 11.3 Å². The van der Waals surface area contributed by atoms with Crippen molar-refractivity contribution in [1.29, 1.82) is 0 Å². The fraction of sp³-hybridized carbons (Fsp3) is 0.0833. The van der Waals surface area contributed by atoms with E-state index in [1.54, 1.807) is 6.92 Å². The Bertz CT molecular complexity index is 1110. The number of benzene rings is 3. The second-order valence-electron chi connectivity index (χ2n) is 6.31. The van der Waals surface area contributed by atoms with E-state index in [0.29, 0.717) is 23.6 Å². The van der Waals surface area contributed by atoms with Gasteiger partial charge in [-0.25, -0.2) is 9.78 Å². The SMILES string of the molecule is CCOC(=O)c1c(-c2ccccc2)nc2ccccc2c1Nc1ccccc1. The van der Waals surface area contributed by atoms with Crippen molar-refractivity contribution in [1.82, 2.24) is 4.98 Å². The molecule has 4 aromatic rings. The summed E-state index contributed by atoms with van der Waals surface area (Å²) in [5, 5.41) is 4.29. The minimum atomic E-state index is -0.391. The Hall–Kier alpha value is -3.66. The lowest BCUT2D eigenvalue weighted by Crippen LogP contribution is -2.12. The number of hydrogen-bond acceptors (Lipinski definition) is 4. The van der Waals surface area contributed by atoms with E-state index in [9.17, 15) is 4.79 Å². The summed E-state index contributed by atoms with van der Waals surface area (Å²) in [6.07, 6.45) is 0. The quantitative estimate of drug-likeness (QED) is 0.451. The van der Waals surface area contributed by atoms with Gasteiger partial charge in [0, 0.05) is 16.6 Å². The molecule has 4 nitrogen and oxygen atoms in total. The fourth-order valence-electron chi connectivity index (χ4n) is 3.21. The molecule has 0 spiro atoms. The van der Waals surface area contributed by atoms with Crippen molar-refractivity contribution in [2.75, 3.05) is 11.9 Å². The van der Waals surface area contributed by atoms with Crippen molar-refractivity contribution in [2.24, 2.45) is 0 Å². The Morgan fingerprint density at radius 3 is 2.25 bits per heavy atom. The van der Waals surface area contributed by atoms with E-state index in [1.807, 2.05) is 84.9 Å². The number of ether oxygens (including phenoxy) is 1. The monoisotopic (exact) mass is 368 g/mol. The van der Waals surface area contributed by atoms with Crippen LogP contribution in [-0.4, -0.2) is 17.6 Å². The first-order valence-corrected chi connectivity index (χ1v) is 9.25. The Morgan fingerprint density at radius 1 is 0.893 bits per heavy atom. The molecule has 0 atom stereocenters. The minimum absolute atomic E-state index is 0.296. The van der Waals surface area contributed by atoms with E-state index in [2.05, 4.69) is 5.32 Å². The molecule has 0 aliphatic heterocycles. The molecule has 0 aliphatic rings. The number of nitrogens with one attached hydrogen (secondary N) is 1. The third-order valence-electron chi connectivity index (χ3n) is 4.46. The first-order valence-electron chi connectivity index (χ1n) is 9.25. The van der Waals surface area contributed by atoms with Crippen LogP contribution in [0.15, 0.2) is 84.9 Å². The number of carbonyl (C=O) groups excluding carboxylic acids is 1. The summed E-state index contributed by atoms with van der Waals surface area (Å²) in [5.74, 6) is -0.391. The maximum atomic E-state index is 13.0. The Balaban J connectivity index is 2.02. The molecule has 1 heterocycles. The van der Waals surface area contributed by atoms with Crippen LogP contribution >= 0.6 is 0 Å². The smallest absolute Gasteiger partial charge is 0.342 e. The number of pyridine rings is 1. The Morgan fingerprint density at radius 2 is 1.54 bits per heavy atom. The number of carbonyl (C=O) groups is 1. The van der Waals surface area contributed by atoms with Crippen LogP contribution in [0.5, 0.6) is 0 Å². The molecule has 1 N–H and O–H groups in total. The highest BCUT2D eigenvalue weighted by Gasteiger charge is 2.23. The van der Waals surface area contributed by atoms with E-state index >= 15 is 0 Å². The second-order valence-corrected chi connectivity index (χ2v) is 6.31. The van der Waals surface area contributed by atoms with Crippen molar-refractivity contribution in [3.05, 3.63) is 90.5 Å². The molecule has 138 valence electrons. The highest BCUT2D eigenvalue weighted by molar-refractivity contribution is 6.10. The topological polar surface area (TPSA) is 51.2 Å². The number of fused-ring (bicyclic) bond motifs is 1. The lowest BCUT2D eigenvalue weighted by molar-refractivity contribution is 0.0528. The van der Waals surface area contributed by atoms with Crippen LogP contribution in [0.2, 0.25) is 0 Å². The van der Waals surface area contributed by atoms with Crippen LogP contribution in [-0.2, 0) is 4.74 Å². The van der Waals surface area contributed by atoms with Crippen molar-refractivity contribution < 1.29 is 9.53 Å². The van der Waals surface area contributed by atoms with E-state index in [1.165, 1.54) is 0 Å². The summed E-state index contributed by atoms with van der Waals surface area (Å²) in [7, 11) is 0. The number of aromatic nitrogens is 1. The average molecular weight is 368 g/mol. The van der Waals surface area contributed by atoms with Crippen LogP contribution in [0.3, 0.4) is 0 Å². The van der Waals surface area contributed by atoms with Gasteiger partial charge in [0.1, 0.15) is 5.56 Å². The summed E-state index contributed by atoms with van der Waals surface area (Å²) < 4.78 is 5.40. The average Bonchev–Trinajstić information content (AvgIpc) is 2.75. The van der Waals surface area contributed by atoms with E-state index in [-0.39, 0.29) is 0 Å². The molecule has 28 heavy (non-hydrogen) atoms. The zero-order valence-corrected chi connectivity index (χ0v) is 15.6. The van der Waals surface area contributed by atoms with Gasteiger partial charge >= 0.3 is 5.97 Å². The summed E-state index contributed by atoms with van der Waals surface area (Å²) in [5.41, 5.74) is 4.32. The van der Waals surface area contributed by atoms with Gasteiger partial charge in [-0.1, -0.05) is 66.7 Å². The van der Waals surface area contributed by atoms with Crippen LogP contribution < -0.4 is 5.32 Å². The van der Waals surface area contributed by atoms with Gasteiger partial charge in [0.25, 0.3) is 0 Å². The van der Waals surface area contributed by atoms with E-state index in [0.717, 1.165) is 22.2 Å². The molecule has 3 aromatic carbocycles. The lowest BCUT2D eigenvalue weighted by Gasteiger charge is -2.18. The van der Waals surface area contributed by atoms with Gasteiger partial charge in [0.05, 0.1) is 23.5 Å². The van der Waals surface area contributed by atoms with Gasteiger partial charge in [-0.05, 0) is 25.1 Å². The number of hydrogen-bond donors (Lipinski definition) is 1.